The Bertz CT molecular complexity index is 399. The van der Waals surface area contributed by atoms with Gasteiger partial charge in [0.05, 0.1) is 0 Å². The number of amides is 1. The van der Waals surface area contributed by atoms with Crippen LogP contribution in [0.1, 0.15) is 11.4 Å². The monoisotopic (exact) mass is 208 g/mol. The number of nitrogens with one attached hydrogen (secondary N) is 1. The summed E-state index contributed by atoms with van der Waals surface area (Å²) in [7, 11) is 0. The van der Waals surface area contributed by atoms with Crippen LogP contribution in [0.25, 0.3) is 0 Å². The van der Waals surface area contributed by atoms with Crippen molar-refractivity contribution in [2.24, 2.45) is 0 Å². The van der Waals surface area contributed by atoms with Gasteiger partial charge < -0.3 is 5.11 Å². The Hall–Kier alpha value is -2.04. The molecule has 5 nitrogen and oxygen atoms in total. The number of carboxylic acid groups (broad SMARTS) is 1. The van der Waals surface area contributed by atoms with E-state index in [0.29, 0.717) is 0 Å². The van der Waals surface area contributed by atoms with Gasteiger partial charge in [-0.15, -0.1) is 0 Å². The number of nitrogens with zero attached hydrogens (tertiary/aromatic N) is 1. The van der Waals surface area contributed by atoms with E-state index in [9.17, 15) is 9.59 Å². The van der Waals surface area contributed by atoms with Crippen LogP contribution in [0.3, 0.4) is 0 Å². The van der Waals surface area contributed by atoms with Gasteiger partial charge in [0.1, 0.15) is 0 Å². The van der Waals surface area contributed by atoms with Crippen LogP contribution in [-0.2, 0) is 9.59 Å². The first kappa shape index (κ1) is 11.0. The van der Waals surface area contributed by atoms with Gasteiger partial charge in [0.15, 0.2) is 0 Å². The predicted molar refractivity (Wildman–Crippen MR) is 55.0 cm³/mol. The first-order valence-corrected chi connectivity index (χ1v) is 4.37. The number of carbonyl (C=O) groups is 2. The number of carboxylic acids is 1. The average Bonchev–Trinajstić information content (AvgIpc) is 2.46. The molecule has 15 heavy (non-hydrogen) atoms. The van der Waals surface area contributed by atoms with Crippen molar-refractivity contribution in [3.63, 3.8) is 0 Å². The Kier molecular flexibility index (Phi) is 3.28. The normalized spacial score (nSPS) is 10.5. The molecule has 1 rings (SSSR count). The van der Waals surface area contributed by atoms with Gasteiger partial charge in [-0.3, -0.25) is 14.9 Å². The lowest BCUT2D eigenvalue weighted by atomic mass is 10.5. The molecule has 1 heterocycles. The molecule has 1 aromatic heterocycles. The SMILES string of the molecule is Cc1ccc(C)n1NC(=O)C=CC(=O)O. The van der Waals surface area contributed by atoms with Crippen LogP contribution < -0.4 is 5.43 Å². The van der Waals surface area contributed by atoms with E-state index < -0.39 is 11.9 Å². The molecule has 0 aliphatic carbocycles. The molecular formula is C10H12N2O3. The lowest BCUT2D eigenvalue weighted by molar-refractivity contribution is -0.131. The second-order valence-electron chi connectivity index (χ2n) is 3.10. The molecular weight excluding hydrogens is 196 g/mol. The fraction of sp³-hybridized carbons (Fsp3) is 0.200. The van der Waals surface area contributed by atoms with Crippen LogP contribution in [0.5, 0.6) is 0 Å². The van der Waals surface area contributed by atoms with Crippen molar-refractivity contribution in [2.45, 2.75) is 13.8 Å². The van der Waals surface area contributed by atoms with Crippen molar-refractivity contribution in [3.05, 3.63) is 35.7 Å². The third-order valence-corrected chi connectivity index (χ3v) is 1.87. The molecule has 0 aliphatic heterocycles. The molecule has 80 valence electrons. The van der Waals surface area contributed by atoms with Gasteiger partial charge in [0.2, 0.25) is 0 Å². The number of aryl methyl sites for hydroxylation is 2. The van der Waals surface area contributed by atoms with Gasteiger partial charge in [-0.1, -0.05) is 0 Å². The van der Waals surface area contributed by atoms with Gasteiger partial charge in [-0.2, -0.15) is 0 Å². The molecule has 2 N–H and O–H groups in total. The van der Waals surface area contributed by atoms with Crippen LogP contribution in [0.4, 0.5) is 0 Å². The first-order valence-electron chi connectivity index (χ1n) is 4.37. The van der Waals surface area contributed by atoms with Crippen molar-refractivity contribution in [1.29, 1.82) is 0 Å². The smallest absolute Gasteiger partial charge is 0.328 e. The van der Waals surface area contributed by atoms with Gasteiger partial charge in [-0.25, -0.2) is 4.79 Å². The maximum atomic E-state index is 11.2. The third kappa shape index (κ3) is 2.98. The van der Waals surface area contributed by atoms with Crippen LogP contribution in [0, 0.1) is 13.8 Å². The zero-order valence-electron chi connectivity index (χ0n) is 8.52. The van der Waals surface area contributed by atoms with E-state index in [0.717, 1.165) is 23.5 Å². The molecule has 0 bridgehead atoms. The summed E-state index contributed by atoms with van der Waals surface area (Å²) in [5, 5.41) is 8.32. The quantitative estimate of drug-likeness (QED) is 0.722. The van der Waals surface area contributed by atoms with Crippen molar-refractivity contribution in [1.82, 2.24) is 4.68 Å². The Morgan fingerprint density at radius 3 is 2.27 bits per heavy atom. The molecule has 0 aromatic carbocycles. The fourth-order valence-electron chi connectivity index (χ4n) is 1.14. The zero-order chi connectivity index (χ0) is 11.4. The highest BCUT2D eigenvalue weighted by Gasteiger charge is 2.03. The summed E-state index contributed by atoms with van der Waals surface area (Å²) >= 11 is 0. The second kappa shape index (κ2) is 4.45. The highest BCUT2D eigenvalue weighted by Crippen LogP contribution is 2.03. The maximum Gasteiger partial charge on any atom is 0.328 e. The van der Waals surface area contributed by atoms with Crippen molar-refractivity contribution < 1.29 is 14.7 Å². The highest BCUT2D eigenvalue weighted by molar-refractivity contribution is 5.98. The molecule has 0 saturated carbocycles. The molecule has 0 spiro atoms. The lowest BCUT2D eigenvalue weighted by Gasteiger charge is -2.08. The van der Waals surface area contributed by atoms with Gasteiger partial charge >= 0.3 is 5.97 Å². The Morgan fingerprint density at radius 1 is 1.27 bits per heavy atom. The molecule has 0 radical (unpaired) electrons. The minimum Gasteiger partial charge on any atom is -0.478 e. The summed E-state index contributed by atoms with van der Waals surface area (Å²) in [5.41, 5.74) is 4.30. The van der Waals surface area contributed by atoms with E-state index in [4.69, 9.17) is 5.11 Å². The lowest BCUT2D eigenvalue weighted by Crippen LogP contribution is -2.22. The number of hydrogen-bond donors (Lipinski definition) is 2. The molecule has 0 saturated heterocycles. The molecule has 0 aliphatic rings. The van der Waals surface area contributed by atoms with Crippen LogP contribution in [0.2, 0.25) is 0 Å². The molecule has 0 unspecified atom stereocenters. The summed E-state index contributed by atoms with van der Waals surface area (Å²) < 4.78 is 1.59. The Morgan fingerprint density at radius 2 is 1.80 bits per heavy atom. The first-order chi connectivity index (χ1) is 7.00. The van der Waals surface area contributed by atoms with E-state index >= 15 is 0 Å². The Labute approximate surface area is 87.0 Å². The number of aliphatic carboxylic acids is 1. The van der Waals surface area contributed by atoms with Crippen LogP contribution in [-0.4, -0.2) is 21.7 Å². The molecule has 0 atom stereocenters. The van der Waals surface area contributed by atoms with Crippen molar-refractivity contribution in [3.8, 4) is 0 Å². The summed E-state index contributed by atoms with van der Waals surface area (Å²) in [5.74, 6) is -1.62. The molecule has 5 heteroatoms. The molecule has 1 aromatic rings. The summed E-state index contributed by atoms with van der Waals surface area (Å²) in [4.78, 5) is 21.4. The standard InChI is InChI=1S/C10H12N2O3/c1-7-3-4-8(2)12(7)11-9(13)5-6-10(14)15/h3-6H,1-2H3,(H,11,13)(H,14,15). The van der Waals surface area contributed by atoms with E-state index in [-0.39, 0.29) is 0 Å². The van der Waals surface area contributed by atoms with Crippen LogP contribution in [0.15, 0.2) is 24.3 Å². The van der Waals surface area contributed by atoms with Gasteiger partial charge in [-0.05, 0) is 26.0 Å². The van der Waals surface area contributed by atoms with Gasteiger partial charge in [0, 0.05) is 23.5 Å². The number of aromatic nitrogens is 1. The van der Waals surface area contributed by atoms with Crippen molar-refractivity contribution in [2.75, 3.05) is 5.43 Å². The maximum absolute atomic E-state index is 11.2. The average molecular weight is 208 g/mol. The topological polar surface area (TPSA) is 71.3 Å². The highest BCUT2D eigenvalue weighted by atomic mass is 16.4. The van der Waals surface area contributed by atoms with E-state index in [2.05, 4.69) is 5.43 Å². The van der Waals surface area contributed by atoms with E-state index in [1.165, 1.54) is 0 Å². The van der Waals surface area contributed by atoms with Crippen molar-refractivity contribution >= 4 is 11.9 Å². The fourth-order valence-corrected chi connectivity index (χ4v) is 1.14. The Balaban J connectivity index is 2.71. The summed E-state index contributed by atoms with van der Waals surface area (Å²) in [6.45, 7) is 3.68. The molecule has 0 fully saturated rings. The van der Waals surface area contributed by atoms with E-state index in [1.807, 2.05) is 26.0 Å². The third-order valence-electron chi connectivity index (χ3n) is 1.87. The second-order valence-corrected chi connectivity index (χ2v) is 3.10. The van der Waals surface area contributed by atoms with Crippen LogP contribution >= 0.6 is 0 Å². The zero-order valence-corrected chi connectivity index (χ0v) is 8.52. The number of hydrogen-bond acceptors (Lipinski definition) is 2. The minimum absolute atomic E-state index is 0.472. The summed E-state index contributed by atoms with van der Waals surface area (Å²) in [6, 6.07) is 3.72. The molecule has 1 amide bonds. The number of carbonyl (C=O) groups excluding carboxylic acids is 1. The number of rotatable bonds is 3. The summed E-state index contributed by atoms with van der Waals surface area (Å²) in [6.07, 6.45) is 1.77. The largest absolute Gasteiger partial charge is 0.478 e. The minimum atomic E-state index is -1.15. The predicted octanol–water partition coefficient (Wildman–Crippen LogP) is 0.816. The van der Waals surface area contributed by atoms with E-state index in [1.54, 1.807) is 4.68 Å². The van der Waals surface area contributed by atoms with Gasteiger partial charge in [0.25, 0.3) is 5.91 Å².